The molecule has 114 valence electrons. The van der Waals surface area contributed by atoms with Crippen LogP contribution in [0, 0.1) is 0 Å². The zero-order valence-corrected chi connectivity index (χ0v) is 12.8. The molecule has 0 aliphatic heterocycles. The first-order valence-electron chi connectivity index (χ1n) is 6.76. The van der Waals surface area contributed by atoms with Crippen LogP contribution < -0.4 is 9.64 Å². The van der Waals surface area contributed by atoms with Gasteiger partial charge in [-0.2, -0.15) is 0 Å². The van der Waals surface area contributed by atoms with Crippen LogP contribution in [-0.2, 0) is 4.79 Å². The number of amides is 1. The standard InChI is InChI=1S/C17H18N2O3/c1-12(20)19(2)15-7-5-14(6-8-15)18-11-13-4-9-17(22-3)16(21)10-13/h4-11,21H,1-3H3. The van der Waals surface area contributed by atoms with Crippen molar-refractivity contribution in [2.75, 3.05) is 19.1 Å². The molecule has 2 rings (SSSR count). The van der Waals surface area contributed by atoms with Crippen molar-refractivity contribution in [1.82, 2.24) is 0 Å². The van der Waals surface area contributed by atoms with Gasteiger partial charge in [-0.1, -0.05) is 0 Å². The van der Waals surface area contributed by atoms with Crippen LogP contribution in [-0.4, -0.2) is 31.4 Å². The fourth-order valence-corrected chi connectivity index (χ4v) is 1.88. The molecule has 5 heteroatoms. The monoisotopic (exact) mass is 298 g/mol. The third-order valence-corrected chi connectivity index (χ3v) is 3.27. The molecule has 0 heterocycles. The zero-order valence-electron chi connectivity index (χ0n) is 12.8. The summed E-state index contributed by atoms with van der Waals surface area (Å²) < 4.78 is 4.99. The van der Waals surface area contributed by atoms with Crippen LogP contribution in [0.15, 0.2) is 47.5 Å². The van der Waals surface area contributed by atoms with Gasteiger partial charge in [-0.25, -0.2) is 0 Å². The van der Waals surface area contributed by atoms with E-state index >= 15 is 0 Å². The maximum atomic E-state index is 11.3. The average molecular weight is 298 g/mol. The second kappa shape index (κ2) is 6.76. The molecule has 0 saturated carbocycles. The number of aromatic hydroxyl groups is 1. The fourth-order valence-electron chi connectivity index (χ4n) is 1.88. The third-order valence-electron chi connectivity index (χ3n) is 3.27. The number of hydrogen-bond acceptors (Lipinski definition) is 4. The number of rotatable bonds is 4. The van der Waals surface area contributed by atoms with Gasteiger partial charge in [0.05, 0.1) is 12.8 Å². The fraction of sp³-hybridized carbons (Fsp3) is 0.176. The van der Waals surface area contributed by atoms with Crippen molar-refractivity contribution >= 4 is 23.5 Å². The highest BCUT2D eigenvalue weighted by molar-refractivity contribution is 5.91. The van der Waals surface area contributed by atoms with Crippen LogP contribution in [0.5, 0.6) is 11.5 Å². The quantitative estimate of drug-likeness (QED) is 0.882. The van der Waals surface area contributed by atoms with Crippen LogP contribution in [0.3, 0.4) is 0 Å². The third kappa shape index (κ3) is 3.63. The summed E-state index contributed by atoms with van der Waals surface area (Å²) in [6.45, 7) is 1.52. The summed E-state index contributed by atoms with van der Waals surface area (Å²) in [5.41, 5.74) is 2.34. The lowest BCUT2D eigenvalue weighted by Crippen LogP contribution is -2.22. The number of carbonyl (C=O) groups excluding carboxylic acids is 1. The summed E-state index contributed by atoms with van der Waals surface area (Å²) in [5.74, 6) is 0.476. The number of benzene rings is 2. The van der Waals surface area contributed by atoms with Crippen molar-refractivity contribution in [2.45, 2.75) is 6.92 Å². The maximum Gasteiger partial charge on any atom is 0.223 e. The van der Waals surface area contributed by atoms with E-state index in [0.717, 1.165) is 16.9 Å². The average Bonchev–Trinajstić information content (AvgIpc) is 2.52. The van der Waals surface area contributed by atoms with Crippen LogP contribution >= 0.6 is 0 Å². The van der Waals surface area contributed by atoms with E-state index in [4.69, 9.17) is 4.74 Å². The molecular formula is C17H18N2O3. The largest absolute Gasteiger partial charge is 0.504 e. The SMILES string of the molecule is COc1ccc(C=Nc2ccc(N(C)C(C)=O)cc2)cc1O. The number of carbonyl (C=O) groups is 1. The molecule has 0 aliphatic carbocycles. The van der Waals surface area contributed by atoms with E-state index in [9.17, 15) is 9.90 Å². The van der Waals surface area contributed by atoms with Crippen molar-refractivity contribution in [2.24, 2.45) is 4.99 Å². The highest BCUT2D eigenvalue weighted by Crippen LogP contribution is 2.26. The number of phenols is 1. The van der Waals surface area contributed by atoms with E-state index in [-0.39, 0.29) is 11.7 Å². The van der Waals surface area contributed by atoms with Gasteiger partial charge in [-0.3, -0.25) is 9.79 Å². The van der Waals surface area contributed by atoms with Gasteiger partial charge in [-0.05, 0) is 48.0 Å². The lowest BCUT2D eigenvalue weighted by atomic mass is 10.2. The van der Waals surface area contributed by atoms with Gasteiger partial charge in [0, 0.05) is 25.9 Å². The predicted molar refractivity (Wildman–Crippen MR) is 87.4 cm³/mol. The predicted octanol–water partition coefficient (Wildman–Crippen LogP) is 3.13. The molecule has 0 bridgehead atoms. The second-order valence-electron chi connectivity index (χ2n) is 4.78. The van der Waals surface area contributed by atoms with Crippen LogP contribution in [0.1, 0.15) is 12.5 Å². The number of phenolic OH excluding ortho intramolecular Hbond substituents is 1. The molecule has 5 nitrogen and oxygen atoms in total. The van der Waals surface area contributed by atoms with Crippen molar-refractivity contribution in [3.8, 4) is 11.5 Å². The lowest BCUT2D eigenvalue weighted by molar-refractivity contribution is -0.116. The van der Waals surface area contributed by atoms with E-state index in [1.807, 2.05) is 24.3 Å². The molecule has 2 aromatic carbocycles. The summed E-state index contributed by atoms with van der Waals surface area (Å²) in [4.78, 5) is 17.2. The van der Waals surface area contributed by atoms with Gasteiger partial charge in [0.15, 0.2) is 11.5 Å². The van der Waals surface area contributed by atoms with Crippen molar-refractivity contribution in [3.05, 3.63) is 48.0 Å². The Kier molecular flexibility index (Phi) is 4.78. The second-order valence-corrected chi connectivity index (χ2v) is 4.78. The number of methoxy groups -OCH3 is 1. The Morgan fingerprint density at radius 2 is 1.91 bits per heavy atom. The van der Waals surface area contributed by atoms with Crippen molar-refractivity contribution in [3.63, 3.8) is 0 Å². The highest BCUT2D eigenvalue weighted by Gasteiger charge is 2.04. The van der Waals surface area contributed by atoms with Crippen LogP contribution in [0.2, 0.25) is 0 Å². The van der Waals surface area contributed by atoms with Crippen LogP contribution in [0.4, 0.5) is 11.4 Å². The van der Waals surface area contributed by atoms with Gasteiger partial charge in [0.1, 0.15) is 0 Å². The Balaban J connectivity index is 2.13. The first-order valence-corrected chi connectivity index (χ1v) is 6.76. The van der Waals surface area contributed by atoms with E-state index in [2.05, 4.69) is 4.99 Å². The van der Waals surface area contributed by atoms with E-state index < -0.39 is 0 Å². The minimum absolute atomic E-state index is 0.0232. The molecule has 2 aromatic rings. The number of nitrogens with zero attached hydrogens (tertiary/aromatic N) is 2. The molecule has 0 saturated heterocycles. The minimum Gasteiger partial charge on any atom is -0.504 e. The first kappa shape index (κ1) is 15.6. The normalized spacial score (nSPS) is 10.7. The lowest BCUT2D eigenvalue weighted by Gasteiger charge is -2.14. The maximum absolute atomic E-state index is 11.3. The molecule has 0 atom stereocenters. The summed E-state index contributed by atoms with van der Waals surface area (Å²) in [6.07, 6.45) is 1.66. The van der Waals surface area contributed by atoms with Gasteiger partial charge in [0.2, 0.25) is 5.91 Å². The van der Waals surface area contributed by atoms with Crippen molar-refractivity contribution in [1.29, 1.82) is 0 Å². The minimum atomic E-state index is -0.0232. The molecule has 0 radical (unpaired) electrons. The Morgan fingerprint density at radius 1 is 1.23 bits per heavy atom. The highest BCUT2D eigenvalue weighted by atomic mass is 16.5. The van der Waals surface area contributed by atoms with Gasteiger partial charge in [-0.15, -0.1) is 0 Å². The smallest absolute Gasteiger partial charge is 0.223 e. The van der Waals surface area contributed by atoms with Crippen molar-refractivity contribution < 1.29 is 14.6 Å². The molecule has 1 N–H and O–H groups in total. The summed E-state index contributed by atoms with van der Waals surface area (Å²) >= 11 is 0. The number of hydrogen-bond donors (Lipinski definition) is 1. The Bertz CT molecular complexity index is 694. The number of ether oxygens (including phenoxy) is 1. The summed E-state index contributed by atoms with van der Waals surface area (Å²) in [6, 6.07) is 12.4. The Labute approximate surface area is 129 Å². The van der Waals surface area contributed by atoms with Gasteiger partial charge in [0.25, 0.3) is 0 Å². The number of aliphatic imine (C=N–C) groups is 1. The molecule has 22 heavy (non-hydrogen) atoms. The Hall–Kier alpha value is -2.82. The molecule has 0 fully saturated rings. The van der Waals surface area contributed by atoms with Crippen LogP contribution in [0.25, 0.3) is 0 Å². The van der Waals surface area contributed by atoms with E-state index in [1.54, 1.807) is 36.4 Å². The summed E-state index contributed by atoms with van der Waals surface area (Å²) in [7, 11) is 3.23. The van der Waals surface area contributed by atoms with E-state index in [1.165, 1.54) is 14.0 Å². The van der Waals surface area contributed by atoms with Gasteiger partial charge < -0.3 is 14.7 Å². The number of anilines is 1. The van der Waals surface area contributed by atoms with E-state index in [0.29, 0.717) is 5.75 Å². The zero-order chi connectivity index (χ0) is 16.1. The summed E-state index contributed by atoms with van der Waals surface area (Å²) in [5, 5.41) is 9.71. The van der Waals surface area contributed by atoms with Gasteiger partial charge >= 0.3 is 0 Å². The Morgan fingerprint density at radius 3 is 2.45 bits per heavy atom. The molecule has 0 unspecified atom stereocenters. The molecule has 0 aromatic heterocycles. The molecular weight excluding hydrogens is 280 g/mol. The molecule has 0 aliphatic rings. The first-order chi connectivity index (χ1) is 10.5. The molecule has 1 amide bonds. The topological polar surface area (TPSA) is 62.1 Å². The molecule has 0 spiro atoms.